The molecule has 1 atom stereocenters. The van der Waals surface area contributed by atoms with E-state index in [1.807, 2.05) is 54.6 Å². The number of aromatic nitrogens is 1. The molecule has 8 heteroatoms. The summed E-state index contributed by atoms with van der Waals surface area (Å²) in [6, 6.07) is 24.3. The highest BCUT2D eigenvalue weighted by atomic mass is 32.1. The molecular weight excluding hydrogens is 512 g/mol. The molecule has 0 bridgehead atoms. The van der Waals surface area contributed by atoms with Crippen LogP contribution in [0.4, 0.5) is 4.79 Å². The van der Waals surface area contributed by atoms with Crippen molar-refractivity contribution in [1.82, 2.24) is 9.47 Å². The molecule has 0 aliphatic carbocycles. The van der Waals surface area contributed by atoms with Gasteiger partial charge in [-0.15, -0.1) is 11.3 Å². The van der Waals surface area contributed by atoms with Gasteiger partial charge in [-0.05, 0) is 67.8 Å². The molecule has 4 rings (SSSR count). The smallest absolute Gasteiger partial charge is 0.411 e. The van der Waals surface area contributed by atoms with Crippen LogP contribution in [-0.4, -0.2) is 39.3 Å². The first kappa shape index (κ1) is 28.0. The summed E-state index contributed by atoms with van der Waals surface area (Å²) in [5.41, 5.74) is 3.99. The number of carboxylic acids is 1. The molecule has 0 saturated heterocycles. The molecule has 1 unspecified atom stereocenters. The zero-order valence-corrected chi connectivity index (χ0v) is 23.3. The lowest BCUT2D eigenvalue weighted by Gasteiger charge is -2.27. The molecule has 0 spiro atoms. The Labute approximate surface area is 233 Å². The maximum absolute atomic E-state index is 12.9. The number of hydrogen-bond acceptors (Lipinski definition) is 5. The Morgan fingerprint density at radius 1 is 0.949 bits per heavy atom. The highest BCUT2D eigenvalue weighted by Crippen LogP contribution is 2.29. The molecular formula is C31H34N2O5S. The minimum absolute atomic E-state index is 0.0771. The number of benzene rings is 2. The Morgan fingerprint density at radius 2 is 1.69 bits per heavy atom. The van der Waals surface area contributed by atoms with E-state index in [1.54, 1.807) is 18.3 Å². The van der Waals surface area contributed by atoms with Crippen LogP contribution in [0.15, 0.2) is 78.9 Å². The van der Waals surface area contributed by atoms with Crippen LogP contribution in [0.5, 0.6) is 5.75 Å². The van der Waals surface area contributed by atoms with Crippen LogP contribution in [-0.2, 0) is 29.2 Å². The van der Waals surface area contributed by atoms with Gasteiger partial charge in [-0.3, -0.25) is 4.90 Å². The van der Waals surface area contributed by atoms with E-state index in [0.717, 1.165) is 11.1 Å². The van der Waals surface area contributed by atoms with E-state index in [0.29, 0.717) is 18.9 Å². The van der Waals surface area contributed by atoms with E-state index >= 15 is 0 Å². The van der Waals surface area contributed by atoms with Crippen molar-refractivity contribution in [1.29, 1.82) is 0 Å². The van der Waals surface area contributed by atoms with Gasteiger partial charge in [0.2, 0.25) is 0 Å². The summed E-state index contributed by atoms with van der Waals surface area (Å²) < 4.78 is 13.7. The summed E-state index contributed by atoms with van der Waals surface area (Å²) in [4.78, 5) is 28.6. The van der Waals surface area contributed by atoms with E-state index in [2.05, 4.69) is 42.7 Å². The van der Waals surface area contributed by atoms with E-state index in [1.165, 1.54) is 26.0 Å². The van der Waals surface area contributed by atoms with Gasteiger partial charge in [0.15, 0.2) is 0 Å². The van der Waals surface area contributed by atoms with Crippen molar-refractivity contribution in [2.45, 2.75) is 52.9 Å². The standard InChI is InChI=1S/C31H34N2O5S/c1-4-27(30(34)35)33(31(36)38-21-25-8-6-5-7-9-25)20-24-12-14-26(15-13-24)37-19-18-32-22(2)10-16-28(32)29-17-11-23(3)39-29/h5-17,27H,4,18-21H2,1-3H3,(H,34,35). The quantitative estimate of drug-likeness (QED) is 0.209. The second-order valence-corrected chi connectivity index (χ2v) is 10.6. The molecule has 7 nitrogen and oxygen atoms in total. The highest BCUT2D eigenvalue weighted by molar-refractivity contribution is 7.15. The van der Waals surface area contributed by atoms with Crippen molar-refractivity contribution in [3.63, 3.8) is 0 Å². The van der Waals surface area contributed by atoms with Crippen LogP contribution in [0.25, 0.3) is 10.6 Å². The Hall–Kier alpha value is -4.04. The molecule has 0 fully saturated rings. The fourth-order valence-corrected chi connectivity index (χ4v) is 5.33. The van der Waals surface area contributed by atoms with Gasteiger partial charge in [-0.1, -0.05) is 49.4 Å². The van der Waals surface area contributed by atoms with Crippen LogP contribution in [0, 0.1) is 13.8 Å². The summed E-state index contributed by atoms with van der Waals surface area (Å²) in [5, 5.41) is 9.72. The van der Waals surface area contributed by atoms with Gasteiger partial charge >= 0.3 is 12.1 Å². The van der Waals surface area contributed by atoms with Crippen molar-refractivity contribution in [2.24, 2.45) is 0 Å². The zero-order valence-electron chi connectivity index (χ0n) is 22.5. The molecule has 0 radical (unpaired) electrons. The molecule has 2 aromatic carbocycles. The Kier molecular flexibility index (Phi) is 9.44. The number of thiophene rings is 1. The summed E-state index contributed by atoms with van der Waals surface area (Å²) in [6.07, 6.45) is -0.393. The van der Waals surface area contributed by atoms with Gasteiger partial charge < -0.3 is 19.1 Å². The SMILES string of the molecule is CCC(C(=O)O)N(Cc1ccc(OCCn2c(C)ccc2-c2ccc(C)s2)cc1)C(=O)OCc1ccccc1. The monoisotopic (exact) mass is 546 g/mol. The lowest BCUT2D eigenvalue weighted by Crippen LogP contribution is -2.44. The number of rotatable bonds is 12. The first-order valence-electron chi connectivity index (χ1n) is 13.0. The van der Waals surface area contributed by atoms with E-state index in [9.17, 15) is 14.7 Å². The number of nitrogens with zero attached hydrogens (tertiary/aromatic N) is 2. The highest BCUT2D eigenvalue weighted by Gasteiger charge is 2.29. The van der Waals surface area contributed by atoms with Gasteiger partial charge in [0, 0.05) is 17.1 Å². The summed E-state index contributed by atoms with van der Waals surface area (Å²) in [5.74, 6) is -0.355. The molecule has 204 valence electrons. The first-order valence-corrected chi connectivity index (χ1v) is 13.8. The van der Waals surface area contributed by atoms with E-state index < -0.39 is 18.1 Å². The fourth-order valence-electron chi connectivity index (χ4n) is 4.43. The van der Waals surface area contributed by atoms with Gasteiger partial charge in [-0.25, -0.2) is 9.59 Å². The fraction of sp³-hybridized carbons (Fsp3) is 0.290. The minimum Gasteiger partial charge on any atom is -0.492 e. The summed E-state index contributed by atoms with van der Waals surface area (Å²) >= 11 is 1.78. The number of amides is 1. The van der Waals surface area contributed by atoms with E-state index in [-0.39, 0.29) is 19.6 Å². The van der Waals surface area contributed by atoms with Gasteiger partial charge in [-0.2, -0.15) is 0 Å². The maximum Gasteiger partial charge on any atom is 0.411 e. The molecule has 0 saturated carbocycles. The average Bonchev–Trinajstić information content (AvgIpc) is 3.53. The molecule has 1 amide bonds. The third-order valence-electron chi connectivity index (χ3n) is 6.54. The molecule has 4 aromatic rings. The number of carbonyl (C=O) groups excluding carboxylic acids is 1. The van der Waals surface area contributed by atoms with Crippen LogP contribution in [0.3, 0.4) is 0 Å². The molecule has 39 heavy (non-hydrogen) atoms. The largest absolute Gasteiger partial charge is 0.492 e. The minimum atomic E-state index is -1.06. The van der Waals surface area contributed by atoms with Crippen LogP contribution < -0.4 is 4.74 Å². The van der Waals surface area contributed by atoms with Crippen LogP contribution in [0.1, 0.15) is 35.0 Å². The van der Waals surface area contributed by atoms with Crippen LogP contribution in [0.2, 0.25) is 0 Å². The molecule has 2 aromatic heterocycles. The third kappa shape index (κ3) is 7.29. The Bertz CT molecular complexity index is 1380. The van der Waals surface area contributed by atoms with Crippen molar-refractivity contribution >= 4 is 23.4 Å². The lowest BCUT2D eigenvalue weighted by atomic mass is 10.1. The normalized spacial score (nSPS) is 11.7. The third-order valence-corrected chi connectivity index (χ3v) is 7.56. The summed E-state index contributed by atoms with van der Waals surface area (Å²) in [7, 11) is 0. The van der Waals surface area contributed by atoms with Crippen molar-refractivity contribution < 1.29 is 24.2 Å². The molecule has 1 N–H and O–H groups in total. The molecule has 0 aliphatic heterocycles. The number of carbonyl (C=O) groups is 2. The van der Waals surface area contributed by atoms with Gasteiger partial charge in [0.1, 0.15) is 25.0 Å². The Morgan fingerprint density at radius 3 is 2.33 bits per heavy atom. The predicted molar refractivity (Wildman–Crippen MR) is 153 cm³/mol. The Balaban J connectivity index is 1.37. The molecule has 2 heterocycles. The number of hydrogen-bond donors (Lipinski definition) is 1. The van der Waals surface area contributed by atoms with Gasteiger partial charge in [0.25, 0.3) is 0 Å². The maximum atomic E-state index is 12.9. The average molecular weight is 547 g/mol. The predicted octanol–water partition coefficient (Wildman–Crippen LogP) is 6.91. The van der Waals surface area contributed by atoms with Crippen molar-refractivity contribution in [3.05, 3.63) is 101 Å². The lowest BCUT2D eigenvalue weighted by molar-refractivity contribution is -0.143. The summed E-state index contributed by atoms with van der Waals surface area (Å²) in [6.45, 7) is 7.35. The van der Waals surface area contributed by atoms with Gasteiger partial charge in [0.05, 0.1) is 17.1 Å². The second kappa shape index (κ2) is 13.2. The van der Waals surface area contributed by atoms with E-state index in [4.69, 9.17) is 9.47 Å². The first-order chi connectivity index (χ1) is 18.9. The number of aryl methyl sites for hydroxylation is 2. The van der Waals surface area contributed by atoms with Crippen LogP contribution >= 0.6 is 11.3 Å². The van der Waals surface area contributed by atoms with Crippen molar-refractivity contribution in [3.8, 4) is 16.3 Å². The number of aliphatic carboxylic acids is 1. The number of carboxylic acid groups (broad SMARTS) is 1. The number of ether oxygens (including phenoxy) is 2. The topological polar surface area (TPSA) is 81.0 Å². The second-order valence-electron chi connectivity index (χ2n) is 9.34. The zero-order chi connectivity index (χ0) is 27.8. The van der Waals surface area contributed by atoms with Crippen molar-refractivity contribution in [2.75, 3.05) is 6.61 Å². The molecule has 0 aliphatic rings.